The van der Waals surface area contributed by atoms with Crippen LogP contribution in [0.2, 0.25) is 0 Å². The van der Waals surface area contributed by atoms with E-state index < -0.39 is 0 Å². The van der Waals surface area contributed by atoms with Gasteiger partial charge >= 0.3 is 0 Å². The molecule has 3 N–H and O–H groups in total. The Morgan fingerprint density at radius 3 is 2.58 bits per heavy atom. The van der Waals surface area contributed by atoms with E-state index in [2.05, 4.69) is 5.32 Å². The van der Waals surface area contributed by atoms with Crippen molar-refractivity contribution in [3.63, 3.8) is 0 Å². The van der Waals surface area contributed by atoms with Gasteiger partial charge in [0, 0.05) is 17.6 Å². The fourth-order valence-corrected chi connectivity index (χ4v) is 2.30. The van der Waals surface area contributed by atoms with E-state index in [0.717, 1.165) is 30.7 Å². The molecule has 1 amide bonds. The summed E-state index contributed by atoms with van der Waals surface area (Å²) in [5.41, 5.74) is 6.62. The van der Waals surface area contributed by atoms with E-state index in [4.69, 9.17) is 10.5 Å². The minimum atomic E-state index is 0. The van der Waals surface area contributed by atoms with Crippen LogP contribution in [0.1, 0.15) is 26.2 Å². The third-order valence-electron chi connectivity index (χ3n) is 3.28. The lowest BCUT2D eigenvalue weighted by Crippen LogP contribution is -2.23. The molecule has 0 heterocycles. The molecule has 1 fully saturated rings. The average Bonchev–Trinajstić information content (AvgIpc) is 2.79. The molecule has 1 aliphatic carbocycles. The molecule has 0 radical (unpaired) electrons. The van der Waals surface area contributed by atoms with E-state index >= 15 is 0 Å². The van der Waals surface area contributed by atoms with Crippen molar-refractivity contribution in [3.05, 3.63) is 24.3 Å². The Hall–Kier alpha value is -1.26. The number of ether oxygens (including phenoxy) is 1. The van der Waals surface area contributed by atoms with Gasteiger partial charge in [-0.15, -0.1) is 12.4 Å². The van der Waals surface area contributed by atoms with Crippen LogP contribution in [0, 0.1) is 5.92 Å². The average molecular weight is 285 g/mol. The van der Waals surface area contributed by atoms with Crippen LogP contribution >= 0.6 is 12.4 Å². The second-order valence-corrected chi connectivity index (χ2v) is 4.72. The molecule has 0 saturated heterocycles. The van der Waals surface area contributed by atoms with Crippen molar-refractivity contribution in [2.45, 2.75) is 32.2 Å². The zero-order chi connectivity index (χ0) is 13.0. The summed E-state index contributed by atoms with van der Waals surface area (Å²) in [5.74, 6) is 0.956. The molecule has 0 bridgehead atoms. The minimum absolute atomic E-state index is 0. The van der Waals surface area contributed by atoms with Crippen LogP contribution in [0.4, 0.5) is 5.69 Å². The second-order valence-electron chi connectivity index (χ2n) is 4.72. The Morgan fingerprint density at radius 1 is 1.37 bits per heavy atom. The largest absolute Gasteiger partial charge is 0.494 e. The molecule has 1 saturated carbocycles. The summed E-state index contributed by atoms with van der Waals surface area (Å²) in [6.07, 6.45) is 2.63. The topological polar surface area (TPSA) is 64.3 Å². The van der Waals surface area contributed by atoms with Crippen molar-refractivity contribution in [3.8, 4) is 5.75 Å². The summed E-state index contributed by atoms with van der Waals surface area (Å²) in [4.78, 5) is 12.0. The summed E-state index contributed by atoms with van der Waals surface area (Å²) in [7, 11) is 0. The van der Waals surface area contributed by atoms with Crippen molar-refractivity contribution < 1.29 is 9.53 Å². The highest BCUT2D eigenvalue weighted by Crippen LogP contribution is 2.25. The smallest absolute Gasteiger partial charge is 0.227 e. The number of rotatable bonds is 4. The maximum atomic E-state index is 12.0. The molecule has 2 atom stereocenters. The van der Waals surface area contributed by atoms with Gasteiger partial charge in [0.15, 0.2) is 0 Å². The minimum Gasteiger partial charge on any atom is -0.494 e. The number of nitrogens with two attached hydrogens (primary N) is 1. The Balaban J connectivity index is 0.00000180. The number of amides is 1. The van der Waals surface area contributed by atoms with Gasteiger partial charge < -0.3 is 15.8 Å². The highest BCUT2D eigenvalue weighted by molar-refractivity contribution is 5.92. The first-order valence-corrected chi connectivity index (χ1v) is 6.48. The monoisotopic (exact) mass is 284 g/mol. The Kier molecular flexibility index (Phi) is 6.12. The third-order valence-corrected chi connectivity index (χ3v) is 3.28. The van der Waals surface area contributed by atoms with Gasteiger partial charge in [-0.25, -0.2) is 0 Å². The first-order valence-electron chi connectivity index (χ1n) is 6.48. The maximum Gasteiger partial charge on any atom is 0.227 e. The van der Waals surface area contributed by atoms with Crippen LogP contribution in [0.15, 0.2) is 24.3 Å². The predicted octanol–water partition coefficient (Wildman–Crippen LogP) is 2.57. The van der Waals surface area contributed by atoms with Gasteiger partial charge in [-0.2, -0.15) is 0 Å². The molecule has 1 aromatic rings. The van der Waals surface area contributed by atoms with Crippen LogP contribution in [0.3, 0.4) is 0 Å². The zero-order valence-electron chi connectivity index (χ0n) is 11.1. The summed E-state index contributed by atoms with van der Waals surface area (Å²) in [6, 6.07) is 7.62. The Bertz CT molecular complexity index is 408. The number of carbonyl (C=O) groups excluding carboxylic acids is 1. The van der Waals surface area contributed by atoms with E-state index in [1.54, 1.807) is 0 Å². The van der Waals surface area contributed by atoms with Gasteiger partial charge in [0.25, 0.3) is 0 Å². The molecule has 1 aliphatic rings. The first kappa shape index (κ1) is 15.8. The normalized spacial score (nSPS) is 21.6. The van der Waals surface area contributed by atoms with Gasteiger partial charge in [-0.05, 0) is 50.5 Å². The summed E-state index contributed by atoms with van der Waals surface area (Å²) in [6.45, 7) is 2.59. The van der Waals surface area contributed by atoms with Crippen molar-refractivity contribution >= 4 is 24.0 Å². The van der Waals surface area contributed by atoms with E-state index in [-0.39, 0.29) is 30.3 Å². The van der Waals surface area contributed by atoms with Gasteiger partial charge in [-0.1, -0.05) is 0 Å². The fourth-order valence-electron chi connectivity index (χ4n) is 2.30. The lowest BCUT2D eigenvalue weighted by atomic mass is 10.1. The zero-order valence-corrected chi connectivity index (χ0v) is 11.9. The maximum absolute atomic E-state index is 12.0. The fraction of sp³-hybridized carbons (Fsp3) is 0.500. The van der Waals surface area contributed by atoms with Crippen LogP contribution in [-0.2, 0) is 4.79 Å². The molecular formula is C14H21ClN2O2. The lowest BCUT2D eigenvalue weighted by Gasteiger charge is -2.11. The van der Waals surface area contributed by atoms with E-state index in [9.17, 15) is 4.79 Å². The summed E-state index contributed by atoms with van der Waals surface area (Å²) in [5, 5.41) is 2.92. The third kappa shape index (κ3) is 4.40. The number of carbonyl (C=O) groups is 1. The molecule has 0 spiro atoms. The molecular weight excluding hydrogens is 264 g/mol. The molecule has 106 valence electrons. The standard InChI is InChI=1S/C14H20N2O2.ClH/c1-2-18-13-7-5-12(6-8-13)16-14(17)10-3-4-11(15)9-10;/h5-8,10-11H,2-4,9,15H2,1H3,(H,16,17);1H. The van der Waals surface area contributed by atoms with Gasteiger partial charge in [-0.3, -0.25) is 4.79 Å². The Labute approximate surface area is 120 Å². The van der Waals surface area contributed by atoms with Crippen molar-refractivity contribution in [2.24, 2.45) is 11.7 Å². The first-order chi connectivity index (χ1) is 8.69. The van der Waals surface area contributed by atoms with E-state index in [1.807, 2.05) is 31.2 Å². The molecule has 19 heavy (non-hydrogen) atoms. The number of hydrogen-bond acceptors (Lipinski definition) is 3. The molecule has 5 heteroatoms. The number of halogens is 1. The molecule has 4 nitrogen and oxygen atoms in total. The summed E-state index contributed by atoms with van der Waals surface area (Å²) >= 11 is 0. The van der Waals surface area contributed by atoms with Crippen molar-refractivity contribution in [1.82, 2.24) is 0 Å². The highest BCUT2D eigenvalue weighted by Gasteiger charge is 2.27. The number of hydrogen-bond donors (Lipinski definition) is 2. The van der Waals surface area contributed by atoms with Gasteiger partial charge in [0.05, 0.1) is 6.61 Å². The molecule has 0 aromatic heterocycles. The lowest BCUT2D eigenvalue weighted by molar-refractivity contribution is -0.119. The number of nitrogens with one attached hydrogen (secondary N) is 1. The van der Waals surface area contributed by atoms with Crippen molar-refractivity contribution in [2.75, 3.05) is 11.9 Å². The molecule has 2 unspecified atom stereocenters. The molecule has 2 rings (SSSR count). The van der Waals surface area contributed by atoms with Gasteiger partial charge in [0.2, 0.25) is 5.91 Å². The van der Waals surface area contributed by atoms with Crippen molar-refractivity contribution in [1.29, 1.82) is 0 Å². The quantitative estimate of drug-likeness (QED) is 0.893. The highest BCUT2D eigenvalue weighted by atomic mass is 35.5. The van der Waals surface area contributed by atoms with Crippen LogP contribution < -0.4 is 15.8 Å². The Morgan fingerprint density at radius 2 is 2.05 bits per heavy atom. The molecule has 1 aromatic carbocycles. The molecule has 0 aliphatic heterocycles. The van der Waals surface area contributed by atoms with Crippen LogP contribution in [0.25, 0.3) is 0 Å². The van der Waals surface area contributed by atoms with Crippen LogP contribution in [0.5, 0.6) is 5.75 Å². The van der Waals surface area contributed by atoms with Gasteiger partial charge in [0.1, 0.15) is 5.75 Å². The second kappa shape index (κ2) is 7.36. The predicted molar refractivity (Wildman–Crippen MR) is 78.8 cm³/mol. The number of benzene rings is 1. The summed E-state index contributed by atoms with van der Waals surface area (Å²) < 4.78 is 5.35. The SMILES string of the molecule is CCOc1ccc(NC(=O)C2CCC(N)C2)cc1.Cl. The van der Waals surface area contributed by atoms with E-state index in [1.165, 1.54) is 0 Å². The number of anilines is 1. The van der Waals surface area contributed by atoms with Crippen LogP contribution in [-0.4, -0.2) is 18.6 Å². The van der Waals surface area contributed by atoms with E-state index in [0.29, 0.717) is 6.61 Å².